The lowest BCUT2D eigenvalue weighted by Gasteiger charge is -2.30. The molecule has 1 aliphatic rings. The molecule has 0 spiro atoms. The van der Waals surface area contributed by atoms with E-state index in [0.717, 1.165) is 25.1 Å². The first-order chi connectivity index (χ1) is 10.1. The van der Waals surface area contributed by atoms with Gasteiger partial charge >= 0.3 is 0 Å². The number of aromatic nitrogens is 2. The molecule has 1 amide bonds. The van der Waals surface area contributed by atoms with E-state index >= 15 is 0 Å². The van der Waals surface area contributed by atoms with Crippen LogP contribution in [-0.2, 0) is 0 Å². The molecule has 1 aromatic carbocycles. The number of nitrogens with two attached hydrogens (primary N) is 1. The van der Waals surface area contributed by atoms with Gasteiger partial charge in [0, 0.05) is 30.4 Å². The van der Waals surface area contributed by atoms with Crippen LogP contribution in [0.2, 0.25) is 5.02 Å². The Morgan fingerprint density at radius 2 is 2.18 bits per heavy atom. The first-order valence-electron chi connectivity index (χ1n) is 7.00. The Morgan fingerprint density at radius 1 is 1.36 bits per heavy atom. The molecule has 1 unspecified atom stereocenters. The summed E-state index contributed by atoms with van der Waals surface area (Å²) in [5, 5.41) is 4.98. The molecule has 1 saturated heterocycles. The number of piperidine rings is 1. The number of rotatable bonds is 2. The van der Waals surface area contributed by atoms with Gasteiger partial charge in [0.25, 0.3) is 5.91 Å². The van der Waals surface area contributed by atoms with Crippen LogP contribution in [0.3, 0.4) is 0 Å². The molecule has 1 aliphatic heterocycles. The molecule has 1 fully saturated rings. The molecule has 22 heavy (non-hydrogen) atoms. The first-order valence-corrected chi connectivity index (χ1v) is 7.38. The van der Waals surface area contributed by atoms with Crippen molar-refractivity contribution in [2.45, 2.75) is 18.9 Å². The van der Waals surface area contributed by atoms with Gasteiger partial charge in [-0.2, -0.15) is 5.10 Å². The van der Waals surface area contributed by atoms with Crippen molar-refractivity contribution in [2.75, 3.05) is 13.1 Å². The summed E-state index contributed by atoms with van der Waals surface area (Å²) in [6, 6.07) is 9.14. The minimum Gasteiger partial charge on any atom is -0.336 e. The van der Waals surface area contributed by atoms with Crippen LogP contribution in [-0.4, -0.2) is 39.7 Å². The molecule has 2 heterocycles. The minimum absolute atomic E-state index is 0. The predicted molar refractivity (Wildman–Crippen MR) is 88.9 cm³/mol. The summed E-state index contributed by atoms with van der Waals surface area (Å²) in [5.74, 6) is -0.0640. The summed E-state index contributed by atoms with van der Waals surface area (Å²) >= 11 is 5.97. The van der Waals surface area contributed by atoms with Gasteiger partial charge < -0.3 is 10.6 Å². The third-order valence-corrected chi connectivity index (χ3v) is 3.86. The van der Waals surface area contributed by atoms with E-state index in [9.17, 15) is 4.79 Å². The molecule has 5 nitrogen and oxygen atoms in total. The maximum Gasteiger partial charge on any atom is 0.274 e. The molecular weight excluding hydrogens is 323 g/mol. The molecule has 2 N–H and O–H groups in total. The van der Waals surface area contributed by atoms with Gasteiger partial charge in [0.05, 0.1) is 5.69 Å². The van der Waals surface area contributed by atoms with Crippen LogP contribution in [0.1, 0.15) is 23.3 Å². The lowest BCUT2D eigenvalue weighted by atomic mass is 10.1. The molecule has 3 rings (SSSR count). The lowest BCUT2D eigenvalue weighted by molar-refractivity contribution is 0.0702. The number of hydrogen-bond donors (Lipinski definition) is 1. The van der Waals surface area contributed by atoms with E-state index in [4.69, 9.17) is 17.3 Å². The summed E-state index contributed by atoms with van der Waals surface area (Å²) < 4.78 is 1.66. The zero-order valence-corrected chi connectivity index (χ0v) is 13.6. The molecule has 7 heteroatoms. The molecule has 2 aromatic rings. The van der Waals surface area contributed by atoms with Gasteiger partial charge in [0.1, 0.15) is 0 Å². The van der Waals surface area contributed by atoms with Crippen molar-refractivity contribution >= 4 is 29.9 Å². The molecule has 1 atom stereocenters. The summed E-state index contributed by atoms with van der Waals surface area (Å²) in [6.45, 7) is 1.35. The average Bonchev–Trinajstić information content (AvgIpc) is 2.96. The number of carbonyl (C=O) groups is 1. The number of halogens is 2. The molecule has 0 bridgehead atoms. The molecule has 0 saturated carbocycles. The van der Waals surface area contributed by atoms with Crippen LogP contribution in [0.25, 0.3) is 5.69 Å². The highest BCUT2D eigenvalue weighted by Gasteiger charge is 2.23. The van der Waals surface area contributed by atoms with Crippen molar-refractivity contribution in [1.82, 2.24) is 14.7 Å². The Kier molecular flexibility index (Phi) is 5.45. The fourth-order valence-electron chi connectivity index (χ4n) is 2.56. The van der Waals surface area contributed by atoms with E-state index in [1.165, 1.54) is 0 Å². The average molecular weight is 341 g/mol. The van der Waals surface area contributed by atoms with Gasteiger partial charge in [-0.05, 0) is 37.1 Å². The Morgan fingerprint density at radius 3 is 2.91 bits per heavy atom. The standard InChI is InChI=1S/C15H17ClN4O.ClH/c16-11-3-1-5-13(9-11)20-8-6-14(18-20)15(21)19-7-2-4-12(17)10-19;/h1,3,5-6,8-9,12H,2,4,7,10,17H2;1H. The normalized spacial score (nSPS) is 17.9. The van der Waals surface area contributed by atoms with Gasteiger partial charge in [0.2, 0.25) is 0 Å². The Hall–Kier alpha value is -1.56. The lowest BCUT2D eigenvalue weighted by Crippen LogP contribution is -2.45. The van der Waals surface area contributed by atoms with Gasteiger partial charge in [0.15, 0.2) is 5.69 Å². The summed E-state index contributed by atoms with van der Waals surface area (Å²) in [6.07, 6.45) is 3.69. The van der Waals surface area contributed by atoms with Crippen molar-refractivity contribution in [3.05, 3.63) is 47.2 Å². The van der Waals surface area contributed by atoms with E-state index in [-0.39, 0.29) is 24.4 Å². The van der Waals surface area contributed by atoms with Gasteiger partial charge in [-0.15, -0.1) is 12.4 Å². The quantitative estimate of drug-likeness (QED) is 0.913. The van der Waals surface area contributed by atoms with E-state index in [1.807, 2.05) is 12.1 Å². The zero-order valence-electron chi connectivity index (χ0n) is 12.0. The smallest absolute Gasteiger partial charge is 0.274 e. The van der Waals surface area contributed by atoms with Crippen molar-refractivity contribution in [1.29, 1.82) is 0 Å². The SMILES string of the molecule is Cl.NC1CCCN(C(=O)c2ccn(-c3cccc(Cl)c3)n2)C1. The second kappa shape index (κ2) is 7.13. The molecule has 118 valence electrons. The largest absolute Gasteiger partial charge is 0.336 e. The molecule has 0 radical (unpaired) electrons. The van der Waals surface area contributed by atoms with Crippen molar-refractivity contribution < 1.29 is 4.79 Å². The molecular formula is C15H18Cl2N4O. The highest BCUT2D eigenvalue weighted by molar-refractivity contribution is 6.30. The second-order valence-corrected chi connectivity index (χ2v) is 5.72. The topological polar surface area (TPSA) is 64.2 Å². The van der Waals surface area contributed by atoms with Crippen LogP contribution in [0.15, 0.2) is 36.5 Å². The Balaban J connectivity index is 0.00000176. The fraction of sp³-hybridized carbons (Fsp3) is 0.333. The maximum absolute atomic E-state index is 12.4. The highest BCUT2D eigenvalue weighted by atomic mass is 35.5. The fourth-order valence-corrected chi connectivity index (χ4v) is 2.74. The number of benzene rings is 1. The van der Waals surface area contributed by atoms with Gasteiger partial charge in [-0.25, -0.2) is 4.68 Å². The van der Waals surface area contributed by atoms with Crippen molar-refractivity contribution in [2.24, 2.45) is 5.73 Å². The Labute approximate surface area is 140 Å². The Bertz CT molecular complexity index is 658. The maximum atomic E-state index is 12.4. The van der Waals surface area contributed by atoms with Crippen LogP contribution in [0.4, 0.5) is 0 Å². The molecule has 0 aliphatic carbocycles. The summed E-state index contributed by atoms with van der Waals surface area (Å²) in [4.78, 5) is 14.2. The van der Waals surface area contributed by atoms with Crippen LogP contribution < -0.4 is 5.73 Å². The number of carbonyl (C=O) groups excluding carboxylic acids is 1. The van der Waals surface area contributed by atoms with Crippen LogP contribution in [0, 0.1) is 0 Å². The highest BCUT2D eigenvalue weighted by Crippen LogP contribution is 2.16. The number of hydrogen-bond acceptors (Lipinski definition) is 3. The van der Waals surface area contributed by atoms with Gasteiger partial charge in [-0.1, -0.05) is 17.7 Å². The van der Waals surface area contributed by atoms with Crippen molar-refractivity contribution in [3.63, 3.8) is 0 Å². The first kappa shape index (κ1) is 16.8. The number of amides is 1. The minimum atomic E-state index is -0.0640. The van der Waals surface area contributed by atoms with E-state index in [0.29, 0.717) is 17.3 Å². The number of nitrogens with zero attached hydrogens (tertiary/aromatic N) is 3. The van der Waals surface area contributed by atoms with Crippen LogP contribution in [0.5, 0.6) is 0 Å². The third kappa shape index (κ3) is 3.61. The monoisotopic (exact) mass is 340 g/mol. The van der Waals surface area contributed by atoms with Crippen LogP contribution >= 0.6 is 24.0 Å². The predicted octanol–water partition coefficient (Wildman–Crippen LogP) is 2.51. The summed E-state index contributed by atoms with van der Waals surface area (Å²) in [7, 11) is 0. The third-order valence-electron chi connectivity index (χ3n) is 3.63. The van der Waals surface area contributed by atoms with E-state index in [2.05, 4.69) is 5.10 Å². The number of likely N-dealkylation sites (tertiary alicyclic amines) is 1. The van der Waals surface area contributed by atoms with E-state index < -0.39 is 0 Å². The van der Waals surface area contributed by atoms with E-state index in [1.54, 1.807) is 34.0 Å². The molecule has 1 aromatic heterocycles. The van der Waals surface area contributed by atoms with Crippen molar-refractivity contribution in [3.8, 4) is 5.69 Å². The zero-order chi connectivity index (χ0) is 14.8. The second-order valence-electron chi connectivity index (χ2n) is 5.28. The summed E-state index contributed by atoms with van der Waals surface area (Å²) in [5.41, 5.74) is 7.18. The van der Waals surface area contributed by atoms with Gasteiger partial charge in [-0.3, -0.25) is 4.79 Å².